The second-order valence-corrected chi connectivity index (χ2v) is 3.16. The molecule has 0 aliphatic heterocycles. The molecule has 1 rings (SSSR count). The van der Waals surface area contributed by atoms with Crippen LogP contribution >= 0.6 is 11.3 Å². The summed E-state index contributed by atoms with van der Waals surface area (Å²) >= 11 is 1.18. The number of thiophene rings is 1. The average molecular weight is 184 g/mol. The first kappa shape index (κ1) is 8.73. The topological polar surface area (TPSA) is 78.2 Å². The lowest BCUT2D eigenvalue weighted by molar-refractivity contribution is -0.117. The number of aromatic carboxylic acids is 1. The van der Waals surface area contributed by atoms with Gasteiger partial charge in [0.2, 0.25) is 5.91 Å². The fourth-order valence-electron chi connectivity index (χ4n) is 0.814. The van der Waals surface area contributed by atoms with E-state index >= 15 is 0 Å². The van der Waals surface area contributed by atoms with Gasteiger partial charge in [-0.05, 0) is 11.4 Å². The summed E-state index contributed by atoms with van der Waals surface area (Å²) in [6.45, 7) is 0. The Kier molecular flexibility index (Phi) is 2.44. The quantitative estimate of drug-likeness (QED) is 0.754. The van der Waals surface area contributed by atoms with Crippen LogP contribution in [0.4, 0.5) is 0 Å². The molecule has 1 aromatic heterocycles. The molecule has 0 spiro atoms. The number of carbonyl (C=O) groups is 2. The summed E-state index contributed by atoms with van der Waals surface area (Å²) < 4.78 is 0. The van der Waals surface area contributed by atoms with Crippen LogP contribution in [0.25, 0.3) is 0 Å². The SMILES string of the molecule is [NH]C(=O)Cc1sccc1C(=O)O. The highest BCUT2D eigenvalue weighted by Gasteiger charge is 2.12. The largest absolute Gasteiger partial charge is 0.478 e. The summed E-state index contributed by atoms with van der Waals surface area (Å²) in [7, 11) is 0. The van der Waals surface area contributed by atoms with Gasteiger partial charge in [-0.2, -0.15) is 0 Å². The number of amides is 1. The molecule has 5 heteroatoms. The minimum atomic E-state index is -1.05. The van der Waals surface area contributed by atoms with Crippen molar-refractivity contribution in [3.63, 3.8) is 0 Å². The fraction of sp³-hybridized carbons (Fsp3) is 0.143. The van der Waals surface area contributed by atoms with Crippen molar-refractivity contribution in [3.8, 4) is 0 Å². The molecule has 0 aromatic carbocycles. The Labute approximate surface area is 72.6 Å². The molecular formula is C7H6NO3S. The summed E-state index contributed by atoms with van der Waals surface area (Å²) in [5.41, 5.74) is 6.79. The first-order chi connectivity index (χ1) is 5.61. The van der Waals surface area contributed by atoms with E-state index in [1.54, 1.807) is 5.38 Å². The van der Waals surface area contributed by atoms with E-state index in [0.717, 1.165) is 0 Å². The lowest BCUT2D eigenvalue weighted by atomic mass is 10.2. The fourth-order valence-corrected chi connectivity index (χ4v) is 1.68. The summed E-state index contributed by atoms with van der Waals surface area (Å²) in [5.74, 6) is -1.81. The van der Waals surface area contributed by atoms with Crippen LogP contribution in [-0.2, 0) is 11.2 Å². The molecule has 0 bridgehead atoms. The van der Waals surface area contributed by atoms with Crippen molar-refractivity contribution >= 4 is 23.2 Å². The van der Waals surface area contributed by atoms with Gasteiger partial charge in [0.1, 0.15) is 0 Å². The third-order valence-electron chi connectivity index (χ3n) is 1.30. The Hall–Kier alpha value is -1.36. The van der Waals surface area contributed by atoms with E-state index < -0.39 is 11.9 Å². The van der Waals surface area contributed by atoms with E-state index in [0.29, 0.717) is 4.88 Å². The predicted octanol–water partition coefficient (Wildman–Crippen LogP) is 0.798. The van der Waals surface area contributed by atoms with Gasteiger partial charge in [-0.3, -0.25) is 10.5 Å². The summed E-state index contributed by atoms with van der Waals surface area (Å²) in [4.78, 5) is 21.3. The number of carbonyl (C=O) groups excluding carboxylic acids is 1. The Morgan fingerprint density at radius 3 is 2.75 bits per heavy atom. The van der Waals surface area contributed by atoms with Gasteiger partial charge in [-0.25, -0.2) is 4.79 Å². The zero-order valence-electron chi connectivity index (χ0n) is 6.03. The Balaban J connectivity index is 2.91. The summed E-state index contributed by atoms with van der Waals surface area (Å²) in [6.07, 6.45) is -0.112. The highest BCUT2D eigenvalue weighted by molar-refractivity contribution is 7.10. The van der Waals surface area contributed by atoms with E-state index in [9.17, 15) is 9.59 Å². The Morgan fingerprint density at radius 2 is 2.25 bits per heavy atom. The van der Waals surface area contributed by atoms with Crippen LogP contribution in [0.5, 0.6) is 0 Å². The van der Waals surface area contributed by atoms with E-state index in [2.05, 4.69) is 0 Å². The monoisotopic (exact) mass is 184 g/mol. The molecule has 0 saturated heterocycles. The van der Waals surface area contributed by atoms with Crippen LogP contribution in [0.1, 0.15) is 15.2 Å². The van der Waals surface area contributed by atoms with Crippen molar-refractivity contribution in [2.45, 2.75) is 6.42 Å². The van der Waals surface area contributed by atoms with E-state index in [4.69, 9.17) is 10.8 Å². The molecule has 2 N–H and O–H groups in total. The van der Waals surface area contributed by atoms with Crippen molar-refractivity contribution in [1.82, 2.24) is 5.73 Å². The highest BCUT2D eigenvalue weighted by atomic mass is 32.1. The van der Waals surface area contributed by atoms with Gasteiger partial charge in [-0.1, -0.05) is 0 Å². The van der Waals surface area contributed by atoms with Crippen molar-refractivity contribution in [2.75, 3.05) is 0 Å². The number of hydrogen-bond acceptors (Lipinski definition) is 3. The second-order valence-electron chi connectivity index (χ2n) is 2.16. The van der Waals surface area contributed by atoms with Gasteiger partial charge >= 0.3 is 5.97 Å². The molecule has 0 saturated carbocycles. The molecule has 0 aliphatic rings. The van der Waals surface area contributed by atoms with Crippen LogP contribution < -0.4 is 5.73 Å². The molecule has 1 heterocycles. The number of carboxylic acids is 1. The van der Waals surface area contributed by atoms with E-state index in [-0.39, 0.29) is 12.0 Å². The van der Waals surface area contributed by atoms with Gasteiger partial charge in [0.05, 0.1) is 12.0 Å². The lowest BCUT2D eigenvalue weighted by Crippen LogP contribution is -2.05. The smallest absolute Gasteiger partial charge is 0.336 e. The standard InChI is InChI=1S/C7H6NO3S/c8-6(9)3-5-4(7(10)11)1-2-12-5/h1-2,8H,3H2,(H,10,11). The number of hydrogen-bond donors (Lipinski definition) is 1. The predicted molar refractivity (Wildman–Crippen MR) is 43.1 cm³/mol. The number of carboxylic acid groups (broad SMARTS) is 1. The third-order valence-corrected chi connectivity index (χ3v) is 2.22. The maximum atomic E-state index is 10.5. The van der Waals surface area contributed by atoms with Crippen molar-refractivity contribution in [1.29, 1.82) is 0 Å². The maximum absolute atomic E-state index is 10.5. The van der Waals surface area contributed by atoms with Crippen LogP contribution in [0.15, 0.2) is 11.4 Å². The first-order valence-electron chi connectivity index (χ1n) is 3.15. The first-order valence-corrected chi connectivity index (χ1v) is 4.03. The van der Waals surface area contributed by atoms with Crippen LogP contribution in [0, 0.1) is 0 Å². The molecule has 1 radical (unpaired) electrons. The van der Waals surface area contributed by atoms with Gasteiger partial charge < -0.3 is 5.11 Å². The zero-order chi connectivity index (χ0) is 9.14. The highest BCUT2D eigenvalue weighted by Crippen LogP contribution is 2.17. The van der Waals surface area contributed by atoms with E-state index in [1.807, 2.05) is 0 Å². The number of rotatable bonds is 3. The van der Waals surface area contributed by atoms with Crippen LogP contribution in [0.2, 0.25) is 0 Å². The molecule has 0 aliphatic carbocycles. The zero-order valence-corrected chi connectivity index (χ0v) is 6.85. The van der Waals surface area contributed by atoms with Crippen LogP contribution in [0.3, 0.4) is 0 Å². The van der Waals surface area contributed by atoms with Gasteiger partial charge in [0.15, 0.2) is 0 Å². The van der Waals surface area contributed by atoms with Crippen molar-refractivity contribution < 1.29 is 14.7 Å². The molecule has 0 fully saturated rings. The summed E-state index contributed by atoms with van der Waals surface area (Å²) in [5, 5.41) is 10.2. The maximum Gasteiger partial charge on any atom is 0.336 e. The van der Waals surface area contributed by atoms with E-state index in [1.165, 1.54) is 17.4 Å². The Morgan fingerprint density at radius 1 is 1.58 bits per heavy atom. The molecular weight excluding hydrogens is 178 g/mol. The molecule has 0 atom stereocenters. The second kappa shape index (κ2) is 3.36. The minimum absolute atomic E-state index is 0.112. The van der Waals surface area contributed by atoms with Gasteiger partial charge in [-0.15, -0.1) is 11.3 Å². The third kappa shape index (κ3) is 1.82. The lowest BCUT2D eigenvalue weighted by Gasteiger charge is -1.93. The molecule has 1 amide bonds. The van der Waals surface area contributed by atoms with Gasteiger partial charge in [0, 0.05) is 4.88 Å². The van der Waals surface area contributed by atoms with Crippen molar-refractivity contribution in [3.05, 3.63) is 21.9 Å². The van der Waals surface area contributed by atoms with Crippen molar-refractivity contribution in [2.24, 2.45) is 0 Å². The number of nitrogens with one attached hydrogen (secondary N) is 1. The molecule has 12 heavy (non-hydrogen) atoms. The average Bonchev–Trinajstić information content (AvgIpc) is 2.33. The molecule has 4 nitrogen and oxygen atoms in total. The Bertz CT molecular complexity index is 318. The molecule has 0 unspecified atom stereocenters. The van der Waals surface area contributed by atoms with Gasteiger partial charge in [0.25, 0.3) is 0 Å². The molecule has 63 valence electrons. The molecule has 1 aromatic rings. The minimum Gasteiger partial charge on any atom is -0.478 e. The normalized spacial score (nSPS) is 9.67. The summed E-state index contributed by atoms with van der Waals surface area (Å²) in [6, 6.07) is 1.44. The van der Waals surface area contributed by atoms with Crippen LogP contribution in [-0.4, -0.2) is 17.0 Å².